The summed E-state index contributed by atoms with van der Waals surface area (Å²) in [4.78, 5) is 0. The Morgan fingerprint density at radius 3 is 1.95 bits per heavy atom. The Bertz CT molecular complexity index is 710. The Labute approximate surface area is 123 Å². The molecule has 0 fully saturated rings. The number of nitrogens with zero attached hydrogens (tertiary/aromatic N) is 4. The van der Waals surface area contributed by atoms with Crippen LogP contribution in [-0.4, -0.2) is 5.84 Å². The minimum absolute atomic E-state index is 0.385. The molecule has 0 bridgehead atoms. The van der Waals surface area contributed by atoms with Crippen LogP contribution in [0.4, 0.5) is 11.4 Å². The van der Waals surface area contributed by atoms with E-state index in [2.05, 4.69) is 11.2 Å². The van der Waals surface area contributed by atoms with Gasteiger partial charge in [-0.05, 0) is 38.1 Å². The molecule has 104 valence electrons. The Balaban J connectivity index is 1.98. The van der Waals surface area contributed by atoms with E-state index in [9.17, 15) is 0 Å². The van der Waals surface area contributed by atoms with Gasteiger partial charge in [-0.2, -0.15) is 10.7 Å². The van der Waals surface area contributed by atoms with Crippen molar-refractivity contribution in [2.75, 3.05) is 10.2 Å². The molecule has 0 unspecified atom stereocenters. The van der Waals surface area contributed by atoms with Crippen molar-refractivity contribution in [3.63, 3.8) is 0 Å². The van der Waals surface area contributed by atoms with E-state index in [1.54, 1.807) is 10.5 Å². The van der Waals surface area contributed by atoms with Crippen LogP contribution in [0.25, 0.3) is 0 Å². The zero-order chi connectivity index (χ0) is 14.8. The number of nitrogens with two attached hydrogens (primary N) is 1. The number of anilines is 2. The highest BCUT2D eigenvalue weighted by molar-refractivity contribution is 5.91. The van der Waals surface area contributed by atoms with Gasteiger partial charge in [0.25, 0.3) is 0 Å². The van der Waals surface area contributed by atoms with Crippen LogP contribution in [0.3, 0.4) is 0 Å². The summed E-state index contributed by atoms with van der Waals surface area (Å²) in [5.74, 6) is 0.385. The Morgan fingerprint density at radius 2 is 1.43 bits per heavy atom. The largest absolute Gasteiger partial charge is 0.349 e. The fourth-order valence-electron chi connectivity index (χ4n) is 2.14. The summed E-state index contributed by atoms with van der Waals surface area (Å²) in [7, 11) is 0. The van der Waals surface area contributed by atoms with Gasteiger partial charge >= 0.3 is 5.84 Å². The highest BCUT2D eigenvalue weighted by Crippen LogP contribution is 2.22. The van der Waals surface area contributed by atoms with E-state index in [-0.39, 0.29) is 0 Å². The zero-order valence-corrected chi connectivity index (χ0v) is 12.0. The highest BCUT2D eigenvalue weighted by Gasteiger charge is 2.30. The number of hydrogen-bond donors (Lipinski definition) is 1. The second-order valence-corrected chi connectivity index (χ2v) is 5.03. The van der Waals surface area contributed by atoms with Gasteiger partial charge in [0.1, 0.15) is 5.69 Å². The molecule has 0 saturated heterocycles. The number of nitriles is 1. The third-order valence-electron chi connectivity index (χ3n) is 3.33. The molecule has 0 aromatic heterocycles. The minimum Gasteiger partial charge on any atom is -0.185 e. The Morgan fingerprint density at radius 1 is 0.905 bits per heavy atom. The van der Waals surface area contributed by atoms with Gasteiger partial charge in [-0.1, -0.05) is 40.5 Å². The molecule has 3 rings (SSSR count). The molecule has 1 aliphatic rings. The molecule has 1 aliphatic heterocycles. The average molecular weight is 278 g/mol. The molecule has 0 atom stereocenters. The molecule has 21 heavy (non-hydrogen) atoms. The van der Waals surface area contributed by atoms with E-state index < -0.39 is 0 Å². The summed E-state index contributed by atoms with van der Waals surface area (Å²) in [5.41, 5.74) is 6.01. The van der Waals surface area contributed by atoms with Crippen LogP contribution in [0.5, 0.6) is 0 Å². The van der Waals surface area contributed by atoms with Crippen molar-refractivity contribution in [1.29, 1.82) is 5.26 Å². The van der Waals surface area contributed by atoms with Crippen LogP contribution in [0.15, 0.2) is 53.6 Å². The molecule has 2 N–H and O–H groups in total. The molecule has 1 heterocycles. The lowest BCUT2D eigenvalue weighted by Crippen LogP contribution is -2.96. The first-order chi connectivity index (χ1) is 10.2. The summed E-state index contributed by atoms with van der Waals surface area (Å²) < 4.78 is 0. The normalized spacial score (nSPS) is 14.0. The number of amidine groups is 1. The maximum Gasteiger partial charge on any atom is 0.349 e. The van der Waals surface area contributed by atoms with Crippen LogP contribution in [0.2, 0.25) is 0 Å². The topological polar surface area (TPSA) is 59.2 Å². The first-order valence-corrected chi connectivity index (χ1v) is 6.73. The predicted molar refractivity (Wildman–Crippen MR) is 82.3 cm³/mol. The summed E-state index contributed by atoms with van der Waals surface area (Å²) in [6.07, 6.45) is 0. The molecule has 5 nitrogen and oxygen atoms in total. The average Bonchev–Trinajstić information content (AvgIpc) is 2.93. The van der Waals surface area contributed by atoms with Crippen molar-refractivity contribution in [1.82, 2.24) is 0 Å². The standard InChI is InChI=1S/C16H15N5/c1-12-3-7-14(8-4-12)20-18-16(11-17)19-21(20)15-9-5-13(2)6-10-15/h3-10H,1-2H3,(H,18,19)/p+1. The first-order valence-electron chi connectivity index (χ1n) is 6.73. The van der Waals surface area contributed by atoms with Crippen molar-refractivity contribution in [2.45, 2.75) is 13.8 Å². The fraction of sp³-hybridized carbons (Fsp3) is 0.125. The smallest absolute Gasteiger partial charge is 0.185 e. The van der Waals surface area contributed by atoms with Gasteiger partial charge in [-0.15, -0.1) is 10.2 Å². The lowest BCUT2D eigenvalue weighted by Gasteiger charge is -2.23. The van der Waals surface area contributed by atoms with Crippen LogP contribution >= 0.6 is 0 Å². The Kier molecular flexibility index (Phi) is 3.30. The van der Waals surface area contributed by atoms with E-state index in [0.29, 0.717) is 5.84 Å². The predicted octanol–water partition coefficient (Wildman–Crippen LogP) is 1.86. The maximum absolute atomic E-state index is 9.12. The summed E-state index contributed by atoms with van der Waals surface area (Å²) in [6.45, 7) is 4.09. The van der Waals surface area contributed by atoms with E-state index in [1.165, 1.54) is 11.1 Å². The van der Waals surface area contributed by atoms with E-state index in [4.69, 9.17) is 5.26 Å². The third-order valence-corrected chi connectivity index (χ3v) is 3.33. The molecule has 5 heteroatoms. The third kappa shape index (κ3) is 2.57. The first kappa shape index (κ1) is 13.2. The van der Waals surface area contributed by atoms with Crippen LogP contribution in [0.1, 0.15) is 11.1 Å². The van der Waals surface area contributed by atoms with Crippen molar-refractivity contribution in [3.05, 3.63) is 59.7 Å². The molecule has 0 radical (unpaired) electrons. The van der Waals surface area contributed by atoms with Crippen molar-refractivity contribution < 1.29 is 5.43 Å². The van der Waals surface area contributed by atoms with Gasteiger partial charge in [0, 0.05) is 0 Å². The maximum atomic E-state index is 9.12. The van der Waals surface area contributed by atoms with Gasteiger partial charge in [0.2, 0.25) is 0 Å². The van der Waals surface area contributed by atoms with E-state index in [0.717, 1.165) is 11.4 Å². The number of aryl methyl sites for hydroxylation is 2. The Hall–Kier alpha value is -2.84. The van der Waals surface area contributed by atoms with E-state index >= 15 is 0 Å². The van der Waals surface area contributed by atoms with Crippen LogP contribution in [-0.2, 0) is 0 Å². The molecular weight excluding hydrogens is 262 g/mol. The summed E-state index contributed by atoms with van der Waals surface area (Å²) in [6, 6.07) is 18.3. The SMILES string of the molecule is Cc1ccc(N2N=C(C#N)[NH2+]N2c2ccc(C)cc2)cc1. The summed E-state index contributed by atoms with van der Waals surface area (Å²) in [5, 5.41) is 17.1. The van der Waals surface area contributed by atoms with Crippen molar-refractivity contribution in [3.8, 4) is 6.07 Å². The van der Waals surface area contributed by atoms with Gasteiger partial charge in [-0.3, -0.25) is 0 Å². The molecule has 0 amide bonds. The van der Waals surface area contributed by atoms with Gasteiger partial charge in [-0.25, -0.2) is 0 Å². The number of rotatable bonds is 2. The minimum atomic E-state index is 0.385. The van der Waals surface area contributed by atoms with Crippen molar-refractivity contribution in [2.24, 2.45) is 5.10 Å². The quantitative estimate of drug-likeness (QED) is 0.853. The molecule has 2 aromatic carbocycles. The van der Waals surface area contributed by atoms with Crippen molar-refractivity contribution >= 4 is 17.2 Å². The second kappa shape index (κ2) is 5.27. The highest BCUT2D eigenvalue weighted by atomic mass is 15.9. The second-order valence-electron chi connectivity index (χ2n) is 5.03. The molecular formula is C16H16N5+. The molecule has 2 aromatic rings. The lowest BCUT2D eigenvalue weighted by molar-refractivity contribution is -0.544. The molecule has 0 saturated carbocycles. The van der Waals surface area contributed by atoms with Crippen LogP contribution in [0, 0.1) is 25.2 Å². The molecule has 0 aliphatic carbocycles. The van der Waals surface area contributed by atoms with Gasteiger partial charge in [0.05, 0.1) is 5.69 Å². The number of hydrazine groups is 1. The van der Waals surface area contributed by atoms with Gasteiger partial charge in [0.15, 0.2) is 6.07 Å². The number of hydrazone groups is 1. The van der Waals surface area contributed by atoms with Gasteiger partial charge < -0.3 is 0 Å². The zero-order valence-electron chi connectivity index (χ0n) is 12.0. The number of quaternary nitrogens is 1. The summed E-state index contributed by atoms with van der Waals surface area (Å²) >= 11 is 0. The lowest BCUT2D eigenvalue weighted by atomic mass is 10.2. The van der Waals surface area contributed by atoms with E-state index in [1.807, 2.05) is 67.5 Å². The monoisotopic (exact) mass is 278 g/mol. The number of benzene rings is 2. The fourth-order valence-corrected chi connectivity index (χ4v) is 2.14. The number of hydrogen-bond acceptors (Lipinski definition) is 4. The van der Waals surface area contributed by atoms with Crippen LogP contribution < -0.4 is 15.7 Å². The molecule has 0 spiro atoms.